The maximum absolute atomic E-state index is 12.9. The van der Waals surface area contributed by atoms with Crippen molar-refractivity contribution in [2.75, 3.05) is 19.7 Å². The zero-order valence-electron chi connectivity index (χ0n) is 13.2. The first kappa shape index (κ1) is 16.2. The molecule has 0 bridgehead atoms. The number of rotatable bonds is 4. The van der Waals surface area contributed by atoms with Crippen molar-refractivity contribution in [3.63, 3.8) is 0 Å². The monoisotopic (exact) mass is 330 g/mol. The molecular weight excluding hydrogens is 312 g/mol. The minimum absolute atomic E-state index is 0.00993. The first-order valence-electron chi connectivity index (χ1n) is 7.81. The summed E-state index contributed by atoms with van der Waals surface area (Å²) in [6, 6.07) is 8.22. The summed E-state index contributed by atoms with van der Waals surface area (Å²) in [5.74, 6) is -2.36. The van der Waals surface area contributed by atoms with E-state index in [4.69, 9.17) is 4.74 Å². The summed E-state index contributed by atoms with van der Waals surface area (Å²) in [7, 11) is 0. The summed E-state index contributed by atoms with van der Waals surface area (Å²) in [5, 5.41) is 13.9. The predicted molar refractivity (Wildman–Crippen MR) is 83.7 cm³/mol. The third kappa shape index (κ3) is 2.28. The molecule has 1 aromatic carbocycles. The summed E-state index contributed by atoms with van der Waals surface area (Å²) in [4.78, 5) is 39.2. The maximum atomic E-state index is 12.9. The second kappa shape index (κ2) is 6.09. The molecule has 0 aromatic heterocycles. The van der Waals surface area contributed by atoms with Crippen LogP contribution in [0.1, 0.15) is 23.7 Å². The maximum Gasteiger partial charge on any atom is 0.353 e. The molecule has 24 heavy (non-hydrogen) atoms. The van der Waals surface area contributed by atoms with Crippen molar-refractivity contribution in [1.82, 2.24) is 10.2 Å². The second-order valence-corrected chi connectivity index (χ2v) is 5.59. The number of nitrogens with one attached hydrogen (secondary N) is 1. The lowest BCUT2D eigenvalue weighted by Crippen LogP contribution is -2.52. The summed E-state index contributed by atoms with van der Waals surface area (Å²) in [6.07, 6.45) is 0.654. The first-order chi connectivity index (χ1) is 11.5. The van der Waals surface area contributed by atoms with Gasteiger partial charge in [0, 0.05) is 18.7 Å². The average Bonchev–Trinajstić information content (AvgIpc) is 2.84. The van der Waals surface area contributed by atoms with E-state index < -0.39 is 23.3 Å². The zero-order chi connectivity index (χ0) is 17.3. The van der Waals surface area contributed by atoms with Gasteiger partial charge in [0.05, 0.1) is 12.2 Å². The van der Waals surface area contributed by atoms with Crippen molar-refractivity contribution in [1.29, 1.82) is 0 Å². The Bertz CT molecular complexity index is 728. The van der Waals surface area contributed by atoms with E-state index in [1.165, 1.54) is 4.90 Å². The molecule has 2 aliphatic rings. The van der Waals surface area contributed by atoms with Gasteiger partial charge in [-0.2, -0.15) is 0 Å². The third-order valence-corrected chi connectivity index (χ3v) is 4.11. The quantitative estimate of drug-likeness (QED) is 0.465. The van der Waals surface area contributed by atoms with Crippen LogP contribution >= 0.6 is 0 Å². The number of fused-ring (bicyclic) bond motifs is 1. The van der Waals surface area contributed by atoms with Crippen LogP contribution < -0.4 is 5.32 Å². The lowest BCUT2D eigenvalue weighted by molar-refractivity contribution is -0.168. The molecule has 1 amide bonds. The van der Waals surface area contributed by atoms with Gasteiger partial charge < -0.3 is 15.2 Å². The minimum atomic E-state index is -2.62. The molecule has 0 spiro atoms. The Balaban J connectivity index is 2.14. The molecule has 1 unspecified atom stereocenters. The second-order valence-electron chi connectivity index (χ2n) is 5.59. The standard InChI is InChI=1S/C17H18N2O5/c1-2-24-16(22)17(23)12(13(20)11-7-4-3-5-8-11)14-18-9-6-10-19(14)15(17)21/h3-5,7-8,18,23H,2,6,9-10H2,1H3. The number of Topliss-reactive ketones (excluding diaryl/α,β-unsaturated/α-hetero) is 1. The predicted octanol–water partition coefficient (Wildman–Crippen LogP) is 0.211. The number of hydrogen-bond donors (Lipinski definition) is 2. The molecule has 2 N–H and O–H groups in total. The van der Waals surface area contributed by atoms with Gasteiger partial charge in [-0.3, -0.25) is 14.5 Å². The average molecular weight is 330 g/mol. The first-order valence-corrected chi connectivity index (χ1v) is 7.81. The number of benzene rings is 1. The fourth-order valence-corrected chi connectivity index (χ4v) is 2.98. The van der Waals surface area contributed by atoms with Crippen LogP contribution in [0.2, 0.25) is 0 Å². The highest BCUT2D eigenvalue weighted by Crippen LogP contribution is 2.36. The normalized spacial score (nSPS) is 22.9. The van der Waals surface area contributed by atoms with Crippen molar-refractivity contribution >= 4 is 17.7 Å². The molecule has 1 aromatic rings. The lowest BCUT2D eigenvalue weighted by Gasteiger charge is -2.27. The molecule has 2 aliphatic heterocycles. The number of nitrogens with zero attached hydrogens (tertiary/aromatic N) is 1. The molecule has 2 heterocycles. The number of carbonyl (C=O) groups excluding carboxylic acids is 3. The van der Waals surface area contributed by atoms with Crippen LogP contribution in [0.25, 0.3) is 0 Å². The molecule has 1 atom stereocenters. The van der Waals surface area contributed by atoms with Gasteiger partial charge >= 0.3 is 5.97 Å². The van der Waals surface area contributed by atoms with Crippen molar-refractivity contribution in [2.24, 2.45) is 0 Å². The number of esters is 1. The Morgan fingerprint density at radius 2 is 2.04 bits per heavy atom. The molecule has 0 aliphatic carbocycles. The van der Waals surface area contributed by atoms with Crippen molar-refractivity contribution < 1.29 is 24.2 Å². The fraction of sp³-hybridized carbons (Fsp3) is 0.353. The highest BCUT2D eigenvalue weighted by molar-refractivity contribution is 6.25. The molecule has 126 valence electrons. The van der Waals surface area contributed by atoms with E-state index in [-0.39, 0.29) is 23.6 Å². The van der Waals surface area contributed by atoms with Crippen LogP contribution in [0.15, 0.2) is 41.7 Å². The van der Waals surface area contributed by atoms with Crippen LogP contribution in [0, 0.1) is 0 Å². The topological polar surface area (TPSA) is 95.9 Å². The van der Waals surface area contributed by atoms with E-state index in [2.05, 4.69) is 5.32 Å². The molecule has 7 nitrogen and oxygen atoms in total. The summed E-state index contributed by atoms with van der Waals surface area (Å²) >= 11 is 0. The van der Waals surface area contributed by atoms with Gasteiger partial charge in [-0.1, -0.05) is 30.3 Å². The molecule has 7 heteroatoms. The van der Waals surface area contributed by atoms with Gasteiger partial charge in [0.25, 0.3) is 11.5 Å². The lowest BCUT2D eigenvalue weighted by atomic mass is 9.89. The minimum Gasteiger partial charge on any atom is -0.463 e. The molecule has 0 saturated carbocycles. The van der Waals surface area contributed by atoms with Gasteiger partial charge in [-0.25, -0.2) is 4.79 Å². The largest absolute Gasteiger partial charge is 0.463 e. The van der Waals surface area contributed by atoms with Gasteiger partial charge in [-0.05, 0) is 13.3 Å². The number of ketones is 1. The van der Waals surface area contributed by atoms with Crippen LogP contribution in [-0.2, 0) is 14.3 Å². The summed E-state index contributed by atoms with van der Waals surface area (Å²) in [6.45, 7) is 2.43. The molecule has 1 saturated heterocycles. The van der Waals surface area contributed by atoms with Crippen molar-refractivity contribution in [2.45, 2.75) is 18.9 Å². The number of amides is 1. The van der Waals surface area contributed by atoms with E-state index in [1.807, 2.05) is 0 Å². The van der Waals surface area contributed by atoms with Crippen LogP contribution in [0.3, 0.4) is 0 Å². The summed E-state index contributed by atoms with van der Waals surface area (Å²) < 4.78 is 4.87. The van der Waals surface area contributed by atoms with Gasteiger partial charge in [0.15, 0.2) is 5.78 Å². The van der Waals surface area contributed by atoms with E-state index in [9.17, 15) is 19.5 Å². The Morgan fingerprint density at radius 3 is 2.71 bits per heavy atom. The number of carbonyl (C=O) groups is 3. The molecule has 0 radical (unpaired) electrons. The van der Waals surface area contributed by atoms with Crippen LogP contribution in [0.5, 0.6) is 0 Å². The van der Waals surface area contributed by atoms with Crippen LogP contribution in [-0.4, -0.2) is 53.0 Å². The van der Waals surface area contributed by atoms with E-state index in [0.717, 1.165) is 0 Å². The highest BCUT2D eigenvalue weighted by Gasteiger charge is 2.61. The van der Waals surface area contributed by atoms with Gasteiger partial charge in [-0.15, -0.1) is 0 Å². The Kier molecular flexibility index (Phi) is 4.11. The Labute approximate surface area is 138 Å². The van der Waals surface area contributed by atoms with E-state index >= 15 is 0 Å². The zero-order valence-corrected chi connectivity index (χ0v) is 13.2. The van der Waals surface area contributed by atoms with Crippen LogP contribution in [0.4, 0.5) is 0 Å². The van der Waals surface area contributed by atoms with E-state index in [1.54, 1.807) is 37.3 Å². The fourth-order valence-electron chi connectivity index (χ4n) is 2.98. The number of ether oxygens (including phenoxy) is 1. The van der Waals surface area contributed by atoms with Gasteiger partial charge in [0.1, 0.15) is 5.82 Å². The third-order valence-electron chi connectivity index (χ3n) is 4.11. The SMILES string of the molecule is CCOC(=O)C1(O)C(=O)N2CCCNC2=C1C(=O)c1ccccc1. The van der Waals surface area contributed by atoms with Crippen molar-refractivity contribution in [3.8, 4) is 0 Å². The van der Waals surface area contributed by atoms with Gasteiger partial charge in [0.2, 0.25) is 0 Å². The number of aliphatic hydroxyl groups is 1. The Hall–Kier alpha value is -2.67. The van der Waals surface area contributed by atoms with E-state index in [0.29, 0.717) is 19.5 Å². The Morgan fingerprint density at radius 1 is 1.33 bits per heavy atom. The number of hydrogen-bond acceptors (Lipinski definition) is 6. The molecule has 3 rings (SSSR count). The smallest absolute Gasteiger partial charge is 0.353 e. The molecule has 1 fully saturated rings. The van der Waals surface area contributed by atoms with Crippen molar-refractivity contribution in [3.05, 3.63) is 47.3 Å². The highest BCUT2D eigenvalue weighted by atomic mass is 16.6. The summed E-state index contributed by atoms with van der Waals surface area (Å²) in [5.41, 5.74) is -2.60. The molecular formula is C17H18N2O5.